The van der Waals surface area contributed by atoms with Crippen LogP contribution < -0.4 is 16.6 Å². The van der Waals surface area contributed by atoms with E-state index in [9.17, 15) is 27.6 Å². The van der Waals surface area contributed by atoms with Crippen LogP contribution in [0.15, 0.2) is 46.4 Å². The van der Waals surface area contributed by atoms with Gasteiger partial charge in [-0.25, -0.2) is 19.4 Å². The van der Waals surface area contributed by atoms with Gasteiger partial charge in [0, 0.05) is 20.3 Å². The first-order valence-corrected chi connectivity index (χ1v) is 9.44. The highest BCUT2D eigenvalue weighted by atomic mass is 19.4. The number of nitrogens with zero attached hydrogens (tertiary/aromatic N) is 6. The molecule has 0 bridgehead atoms. The Labute approximate surface area is 182 Å². The normalized spacial score (nSPS) is 11.7. The number of alkyl halides is 3. The number of carbonyl (C=O) groups excluding carboxylic acids is 1. The minimum absolute atomic E-state index is 0.108. The third-order valence-corrected chi connectivity index (χ3v) is 5.10. The van der Waals surface area contributed by atoms with Crippen molar-refractivity contribution in [2.75, 3.05) is 5.32 Å². The van der Waals surface area contributed by atoms with Crippen LogP contribution >= 0.6 is 0 Å². The monoisotopic (exact) mass is 459 g/mol. The second kappa shape index (κ2) is 7.69. The molecule has 0 aliphatic heterocycles. The van der Waals surface area contributed by atoms with Gasteiger partial charge in [0.1, 0.15) is 5.65 Å². The van der Waals surface area contributed by atoms with E-state index in [0.29, 0.717) is 11.9 Å². The summed E-state index contributed by atoms with van der Waals surface area (Å²) in [5, 5.41) is 6.79. The Bertz CT molecular complexity index is 1520. The van der Waals surface area contributed by atoms with Crippen LogP contribution in [0.2, 0.25) is 0 Å². The molecule has 0 radical (unpaired) electrons. The van der Waals surface area contributed by atoms with Gasteiger partial charge >= 0.3 is 11.9 Å². The quantitative estimate of drug-likeness (QED) is 0.499. The van der Waals surface area contributed by atoms with Crippen LogP contribution in [0.3, 0.4) is 0 Å². The zero-order chi connectivity index (χ0) is 24.1. The number of halogens is 3. The van der Waals surface area contributed by atoms with E-state index >= 15 is 0 Å². The van der Waals surface area contributed by atoms with Gasteiger partial charge in [0.2, 0.25) is 0 Å². The molecule has 13 heteroatoms. The molecule has 0 aromatic carbocycles. The van der Waals surface area contributed by atoms with E-state index in [1.54, 1.807) is 6.92 Å². The minimum Gasteiger partial charge on any atom is -0.320 e. The molecule has 0 aliphatic carbocycles. The number of aromatic nitrogens is 6. The number of hydrogen-bond donors (Lipinski definition) is 1. The molecule has 10 nitrogen and oxygen atoms in total. The fourth-order valence-electron chi connectivity index (χ4n) is 3.27. The molecule has 4 aromatic rings. The van der Waals surface area contributed by atoms with Crippen LogP contribution in [0.5, 0.6) is 0 Å². The van der Waals surface area contributed by atoms with Gasteiger partial charge in [0.25, 0.3) is 11.5 Å². The van der Waals surface area contributed by atoms with E-state index in [0.717, 1.165) is 16.7 Å². The third kappa shape index (κ3) is 3.77. The number of nitrogens with one attached hydrogen (secondary N) is 1. The summed E-state index contributed by atoms with van der Waals surface area (Å²) in [4.78, 5) is 45.1. The van der Waals surface area contributed by atoms with Crippen LogP contribution in [0.4, 0.5) is 18.9 Å². The summed E-state index contributed by atoms with van der Waals surface area (Å²) < 4.78 is 41.6. The number of anilines is 1. The lowest BCUT2D eigenvalue weighted by Crippen LogP contribution is -2.37. The number of fused-ring (bicyclic) bond motifs is 1. The average Bonchev–Trinajstić information content (AvgIpc) is 3.17. The van der Waals surface area contributed by atoms with Crippen LogP contribution in [0.1, 0.15) is 21.6 Å². The van der Waals surface area contributed by atoms with Crippen molar-refractivity contribution in [1.29, 1.82) is 0 Å². The lowest BCUT2D eigenvalue weighted by molar-refractivity contribution is -0.137. The van der Waals surface area contributed by atoms with E-state index in [1.807, 2.05) is 0 Å². The van der Waals surface area contributed by atoms with Crippen LogP contribution in [0, 0.1) is 6.92 Å². The second-order valence-corrected chi connectivity index (χ2v) is 7.21. The Balaban J connectivity index is 1.64. The molecule has 1 amide bonds. The van der Waals surface area contributed by atoms with Gasteiger partial charge in [-0.15, -0.1) is 0 Å². The predicted octanol–water partition coefficient (Wildman–Crippen LogP) is 1.79. The third-order valence-electron chi connectivity index (χ3n) is 5.10. The predicted molar refractivity (Wildman–Crippen MR) is 111 cm³/mol. The van der Waals surface area contributed by atoms with Gasteiger partial charge in [-0.3, -0.25) is 18.7 Å². The lowest BCUT2D eigenvalue weighted by Gasteiger charge is -2.10. The van der Waals surface area contributed by atoms with Crippen molar-refractivity contribution in [3.63, 3.8) is 0 Å². The zero-order valence-electron chi connectivity index (χ0n) is 17.5. The van der Waals surface area contributed by atoms with E-state index in [-0.39, 0.29) is 28.1 Å². The van der Waals surface area contributed by atoms with Crippen molar-refractivity contribution in [3.05, 3.63) is 74.4 Å². The van der Waals surface area contributed by atoms with Crippen LogP contribution in [-0.4, -0.2) is 34.8 Å². The van der Waals surface area contributed by atoms with E-state index in [1.165, 1.54) is 41.8 Å². The minimum atomic E-state index is -4.52. The van der Waals surface area contributed by atoms with Gasteiger partial charge < -0.3 is 5.32 Å². The molecular weight excluding hydrogens is 443 g/mol. The first-order chi connectivity index (χ1) is 15.5. The summed E-state index contributed by atoms with van der Waals surface area (Å²) >= 11 is 0. The van der Waals surface area contributed by atoms with Crippen molar-refractivity contribution >= 4 is 22.6 Å². The molecule has 0 unspecified atom stereocenters. The molecule has 4 aromatic heterocycles. The summed E-state index contributed by atoms with van der Waals surface area (Å²) in [5.41, 5.74) is -1.13. The van der Waals surface area contributed by atoms with Crippen LogP contribution in [0.25, 0.3) is 16.9 Å². The Morgan fingerprint density at radius 3 is 2.39 bits per heavy atom. The molecule has 0 atom stereocenters. The molecule has 33 heavy (non-hydrogen) atoms. The van der Waals surface area contributed by atoms with Crippen LogP contribution in [-0.2, 0) is 20.3 Å². The molecule has 1 N–H and O–H groups in total. The first-order valence-electron chi connectivity index (χ1n) is 9.44. The van der Waals surface area contributed by atoms with Gasteiger partial charge in [0.05, 0.1) is 40.3 Å². The Morgan fingerprint density at radius 1 is 1.03 bits per heavy atom. The standard InChI is InChI=1S/C20H16F3N7O3/c1-10-14(9-26-30(10)15-5-4-11(7-24-15)20(21,22)23)17(31)27-12-6-13-16(25-8-12)28(2)19(33)29(3)18(13)32/h4-9H,1-3H3,(H,27,31). The molecule has 0 saturated heterocycles. The molecule has 0 saturated carbocycles. The topological polar surface area (TPSA) is 117 Å². The fourth-order valence-corrected chi connectivity index (χ4v) is 3.27. The van der Waals surface area contributed by atoms with E-state index in [2.05, 4.69) is 20.4 Å². The van der Waals surface area contributed by atoms with Gasteiger partial charge in [-0.05, 0) is 25.1 Å². The molecular formula is C20H16F3N7O3. The maximum absolute atomic E-state index is 12.8. The smallest absolute Gasteiger partial charge is 0.320 e. The van der Waals surface area contributed by atoms with Gasteiger partial charge in [-0.1, -0.05) is 0 Å². The van der Waals surface area contributed by atoms with Crippen molar-refractivity contribution < 1.29 is 18.0 Å². The molecule has 0 aliphatic rings. The number of hydrogen-bond acceptors (Lipinski definition) is 6. The Kier molecular flexibility index (Phi) is 5.11. The summed E-state index contributed by atoms with van der Waals surface area (Å²) in [6.07, 6.45) is -1.28. The fraction of sp³-hybridized carbons (Fsp3) is 0.200. The first kappa shape index (κ1) is 21.9. The number of amides is 1. The molecule has 170 valence electrons. The Hall–Kier alpha value is -4.29. The number of pyridine rings is 2. The van der Waals surface area contributed by atoms with Crippen molar-refractivity contribution in [1.82, 2.24) is 28.9 Å². The number of carbonyl (C=O) groups is 1. The lowest BCUT2D eigenvalue weighted by atomic mass is 10.2. The largest absolute Gasteiger partial charge is 0.417 e. The molecule has 0 spiro atoms. The van der Waals surface area contributed by atoms with Crippen molar-refractivity contribution in [3.8, 4) is 5.82 Å². The SMILES string of the molecule is Cc1c(C(=O)Nc2cnc3c(c2)c(=O)n(C)c(=O)n3C)cnn1-c1ccc(C(F)(F)F)cn1. The zero-order valence-corrected chi connectivity index (χ0v) is 17.5. The summed E-state index contributed by atoms with van der Waals surface area (Å²) in [6, 6.07) is 3.43. The molecule has 0 fully saturated rings. The van der Waals surface area contributed by atoms with E-state index < -0.39 is 28.9 Å². The molecule has 4 heterocycles. The second-order valence-electron chi connectivity index (χ2n) is 7.21. The van der Waals surface area contributed by atoms with Gasteiger partial charge in [0.15, 0.2) is 5.82 Å². The maximum Gasteiger partial charge on any atom is 0.417 e. The number of rotatable bonds is 3. The van der Waals surface area contributed by atoms with Crippen molar-refractivity contribution in [2.45, 2.75) is 13.1 Å². The Morgan fingerprint density at radius 2 is 1.76 bits per heavy atom. The summed E-state index contributed by atoms with van der Waals surface area (Å²) in [5.74, 6) is -0.468. The van der Waals surface area contributed by atoms with Crippen molar-refractivity contribution in [2.24, 2.45) is 14.1 Å². The average molecular weight is 459 g/mol. The van der Waals surface area contributed by atoms with Gasteiger partial charge in [-0.2, -0.15) is 18.3 Å². The highest BCUT2D eigenvalue weighted by Crippen LogP contribution is 2.29. The maximum atomic E-state index is 12.8. The molecule has 4 rings (SSSR count). The highest BCUT2D eigenvalue weighted by molar-refractivity contribution is 6.05. The summed E-state index contributed by atoms with van der Waals surface area (Å²) in [6.45, 7) is 1.56. The summed E-state index contributed by atoms with van der Waals surface area (Å²) in [7, 11) is 2.81. The number of aryl methyl sites for hydroxylation is 1. The van der Waals surface area contributed by atoms with E-state index in [4.69, 9.17) is 0 Å². The highest BCUT2D eigenvalue weighted by Gasteiger charge is 2.31.